The molecule has 0 saturated carbocycles. The van der Waals surface area contributed by atoms with Crippen molar-refractivity contribution in [2.45, 2.75) is 464 Å². The Morgan fingerprint density at radius 3 is 0.696 bits per heavy atom. The van der Waals surface area contributed by atoms with Crippen LogP contribution in [-0.2, 0) is 65.4 Å². The Bertz CT molecular complexity index is 1950. The number of aliphatic hydroxyl groups excluding tert-OH is 1. The van der Waals surface area contributed by atoms with Gasteiger partial charge in [0.1, 0.15) is 19.3 Å². The standard InChI is InChI=1S/C83H162O17P2/c1-6-10-13-16-19-21-23-25-27-28-29-30-31-32-33-35-41-45-49-54-59-64-69-83(88)100-79(73-94-81(86)67-62-57-52-47-43-39-37-36-38-42-46-51-55-60-65-76(5)9-4)75-98-102(91,92)96-71-77(84)70-95-101(89,90)97-74-78(72-93-80(85)66-61-56-50-18-15-12-8-3)99-82(87)68-63-58-53-48-44-40-34-26-24-22-20-17-14-11-7-2/h76-79,84H,6-75H2,1-5H3,(H,89,90)(H,91,92)/t76?,77-,78+,79+/m0/s1. The van der Waals surface area contributed by atoms with Gasteiger partial charge in [0.15, 0.2) is 12.2 Å². The first-order chi connectivity index (χ1) is 49.6. The van der Waals surface area contributed by atoms with E-state index in [1.807, 2.05) is 0 Å². The minimum atomic E-state index is -4.96. The fourth-order valence-electron chi connectivity index (χ4n) is 12.9. The number of carbonyl (C=O) groups excluding carboxylic acids is 4. The second-order valence-corrected chi connectivity index (χ2v) is 33.0. The second-order valence-electron chi connectivity index (χ2n) is 30.1. The molecule has 3 N–H and O–H groups in total. The second kappa shape index (κ2) is 75.9. The molecule has 0 heterocycles. The Morgan fingerprint density at radius 2 is 0.471 bits per heavy atom. The molecule has 0 aliphatic carbocycles. The van der Waals surface area contributed by atoms with Crippen molar-refractivity contribution in [3.8, 4) is 0 Å². The third-order valence-corrected chi connectivity index (χ3v) is 21.8. The van der Waals surface area contributed by atoms with Crippen molar-refractivity contribution in [2.24, 2.45) is 5.92 Å². The molecule has 0 aromatic heterocycles. The number of ether oxygens (including phenoxy) is 4. The summed E-state index contributed by atoms with van der Waals surface area (Å²) in [6, 6.07) is 0. The van der Waals surface area contributed by atoms with Crippen LogP contribution in [0.2, 0.25) is 0 Å². The van der Waals surface area contributed by atoms with Crippen LogP contribution in [0.3, 0.4) is 0 Å². The van der Waals surface area contributed by atoms with Crippen LogP contribution in [0, 0.1) is 5.92 Å². The van der Waals surface area contributed by atoms with Gasteiger partial charge in [0.25, 0.3) is 0 Å². The van der Waals surface area contributed by atoms with Crippen molar-refractivity contribution in [2.75, 3.05) is 39.6 Å². The zero-order chi connectivity index (χ0) is 74.8. The van der Waals surface area contributed by atoms with Gasteiger partial charge in [0, 0.05) is 25.7 Å². The van der Waals surface area contributed by atoms with Crippen molar-refractivity contribution in [3.05, 3.63) is 0 Å². The molecule has 0 fully saturated rings. The minimum absolute atomic E-state index is 0.108. The maximum atomic E-state index is 13.1. The molecule has 0 radical (unpaired) electrons. The lowest BCUT2D eigenvalue weighted by Gasteiger charge is -2.21. The highest BCUT2D eigenvalue weighted by Gasteiger charge is 2.30. The van der Waals surface area contributed by atoms with E-state index in [1.54, 1.807) is 0 Å². The SMILES string of the molecule is CCCCCCCCCCCCCCCCCCCCCCCCC(=O)O[C@H](COC(=O)CCCCCCCCCCCCCCCCC(C)CC)COP(=O)(O)OC[C@@H](O)COP(=O)(O)OC[C@@H](COC(=O)CCCCCCCCC)OC(=O)CCCCCCCCCCCCCCCCC. The monoisotopic (exact) mass is 1490 g/mol. The van der Waals surface area contributed by atoms with Gasteiger partial charge in [0.05, 0.1) is 26.4 Å². The highest BCUT2D eigenvalue weighted by atomic mass is 31.2. The summed E-state index contributed by atoms with van der Waals surface area (Å²) in [5.74, 6) is -1.26. The van der Waals surface area contributed by atoms with Gasteiger partial charge in [0.2, 0.25) is 0 Å². The van der Waals surface area contributed by atoms with Gasteiger partial charge in [-0.25, -0.2) is 9.13 Å². The maximum Gasteiger partial charge on any atom is 0.472 e. The first-order valence-electron chi connectivity index (χ1n) is 43.2. The number of unbranched alkanes of at least 4 members (excludes halogenated alkanes) is 54. The van der Waals surface area contributed by atoms with E-state index < -0.39 is 97.5 Å². The molecular weight excluding hydrogens is 1330 g/mol. The van der Waals surface area contributed by atoms with E-state index >= 15 is 0 Å². The number of phosphoric ester groups is 2. The lowest BCUT2D eigenvalue weighted by molar-refractivity contribution is -0.161. The Labute approximate surface area is 626 Å². The van der Waals surface area contributed by atoms with Crippen molar-refractivity contribution < 1.29 is 80.2 Å². The zero-order valence-electron chi connectivity index (χ0n) is 66.8. The Hall–Kier alpha value is -1.94. The Morgan fingerprint density at radius 1 is 0.275 bits per heavy atom. The van der Waals surface area contributed by atoms with Crippen LogP contribution in [0.1, 0.15) is 446 Å². The summed E-state index contributed by atoms with van der Waals surface area (Å²) in [7, 11) is -9.92. The molecule has 3 unspecified atom stereocenters. The molecule has 102 heavy (non-hydrogen) atoms. The maximum absolute atomic E-state index is 13.1. The van der Waals surface area contributed by atoms with E-state index in [4.69, 9.17) is 37.0 Å². The predicted octanol–water partition coefficient (Wildman–Crippen LogP) is 25.2. The number of phosphoric acid groups is 2. The van der Waals surface area contributed by atoms with Gasteiger partial charge in [-0.15, -0.1) is 0 Å². The molecule has 0 aliphatic rings. The molecule has 0 rings (SSSR count). The lowest BCUT2D eigenvalue weighted by Crippen LogP contribution is -2.30. The molecule has 606 valence electrons. The number of aliphatic hydroxyl groups is 1. The highest BCUT2D eigenvalue weighted by Crippen LogP contribution is 2.45. The smallest absolute Gasteiger partial charge is 0.462 e. The molecule has 19 heteroatoms. The van der Waals surface area contributed by atoms with Crippen molar-refractivity contribution in [1.29, 1.82) is 0 Å². The van der Waals surface area contributed by atoms with E-state index in [2.05, 4.69) is 34.6 Å². The number of carbonyl (C=O) groups is 4. The molecule has 0 amide bonds. The molecule has 0 aromatic rings. The summed E-state index contributed by atoms with van der Waals surface area (Å²) in [6.07, 6.45) is 68.2. The van der Waals surface area contributed by atoms with Crippen molar-refractivity contribution in [3.63, 3.8) is 0 Å². The quantitative estimate of drug-likeness (QED) is 0.0222. The third-order valence-electron chi connectivity index (χ3n) is 19.9. The summed E-state index contributed by atoms with van der Waals surface area (Å²) in [5.41, 5.74) is 0. The first kappa shape index (κ1) is 100. The largest absolute Gasteiger partial charge is 0.472 e. The average molecular weight is 1490 g/mol. The zero-order valence-corrected chi connectivity index (χ0v) is 68.5. The van der Waals surface area contributed by atoms with Crippen molar-refractivity contribution >= 4 is 39.5 Å². The molecule has 0 saturated heterocycles. The van der Waals surface area contributed by atoms with Gasteiger partial charge in [-0.2, -0.15) is 0 Å². The van der Waals surface area contributed by atoms with E-state index in [0.717, 1.165) is 109 Å². The highest BCUT2D eigenvalue weighted by molar-refractivity contribution is 7.47. The van der Waals surface area contributed by atoms with Gasteiger partial charge in [-0.3, -0.25) is 37.3 Å². The summed E-state index contributed by atoms with van der Waals surface area (Å²) < 4.78 is 68.7. The number of hydrogen-bond donors (Lipinski definition) is 3. The van der Waals surface area contributed by atoms with Crippen LogP contribution in [-0.4, -0.2) is 96.7 Å². The van der Waals surface area contributed by atoms with Crippen LogP contribution in [0.25, 0.3) is 0 Å². The fourth-order valence-corrected chi connectivity index (χ4v) is 14.5. The average Bonchev–Trinajstić information content (AvgIpc) is 0.944. The number of esters is 4. The van der Waals surface area contributed by atoms with E-state index in [9.17, 15) is 43.2 Å². The first-order valence-corrected chi connectivity index (χ1v) is 46.2. The minimum Gasteiger partial charge on any atom is -0.462 e. The molecule has 0 spiro atoms. The molecule has 17 nitrogen and oxygen atoms in total. The lowest BCUT2D eigenvalue weighted by atomic mass is 9.99. The van der Waals surface area contributed by atoms with Crippen LogP contribution in [0.4, 0.5) is 0 Å². The molecule has 0 aromatic carbocycles. The van der Waals surface area contributed by atoms with Gasteiger partial charge >= 0.3 is 39.5 Å². The molecule has 6 atom stereocenters. The third kappa shape index (κ3) is 74.9. The predicted molar refractivity (Wildman–Crippen MR) is 418 cm³/mol. The van der Waals surface area contributed by atoms with Crippen LogP contribution in [0.15, 0.2) is 0 Å². The van der Waals surface area contributed by atoms with E-state index in [1.165, 1.54) is 257 Å². The summed E-state index contributed by atoms with van der Waals surface area (Å²) in [4.78, 5) is 72.9. The van der Waals surface area contributed by atoms with Crippen LogP contribution in [0.5, 0.6) is 0 Å². The van der Waals surface area contributed by atoms with E-state index in [-0.39, 0.29) is 25.7 Å². The molecular formula is C83H162O17P2. The number of rotatable bonds is 83. The van der Waals surface area contributed by atoms with Crippen LogP contribution >= 0.6 is 15.6 Å². The number of hydrogen-bond acceptors (Lipinski definition) is 15. The van der Waals surface area contributed by atoms with Gasteiger partial charge < -0.3 is 33.8 Å². The normalized spacial score (nSPS) is 14.1. The molecule has 0 bridgehead atoms. The van der Waals surface area contributed by atoms with Crippen LogP contribution < -0.4 is 0 Å². The summed E-state index contributed by atoms with van der Waals surface area (Å²) >= 11 is 0. The Balaban J connectivity index is 5.16. The molecule has 0 aliphatic heterocycles. The Kier molecular flexibility index (Phi) is 74.4. The van der Waals surface area contributed by atoms with Gasteiger partial charge in [-0.1, -0.05) is 394 Å². The van der Waals surface area contributed by atoms with Gasteiger partial charge in [-0.05, 0) is 31.6 Å². The fraction of sp³-hybridized carbons (Fsp3) is 0.952. The topological polar surface area (TPSA) is 237 Å². The van der Waals surface area contributed by atoms with E-state index in [0.29, 0.717) is 25.7 Å². The van der Waals surface area contributed by atoms with Crippen molar-refractivity contribution in [1.82, 2.24) is 0 Å². The summed E-state index contributed by atoms with van der Waals surface area (Å²) in [5, 5.41) is 10.6. The summed E-state index contributed by atoms with van der Waals surface area (Å²) in [6.45, 7) is 7.36.